The van der Waals surface area contributed by atoms with Gasteiger partial charge in [-0.05, 0) is 18.6 Å². The zero-order valence-electron chi connectivity index (χ0n) is 10.9. The summed E-state index contributed by atoms with van der Waals surface area (Å²) in [6, 6.07) is 6.76. The fourth-order valence-corrected chi connectivity index (χ4v) is 2.61. The van der Waals surface area contributed by atoms with Gasteiger partial charge < -0.3 is 10.4 Å². The molecule has 0 bridgehead atoms. The molecule has 1 atom stereocenters. The van der Waals surface area contributed by atoms with Gasteiger partial charge in [0.05, 0.1) is 16.6 Å². The summed E-state index contributed by atoms with van der Waals surface area (Å²) in [5, 5.41) is 14.5. The summed E-state index contributed by atoms with van der Waals surface area (Å²) >= 11 is 1.37. The van der Waals surface area contributed by atoms with Crippen LogP contribution in [0.4, 0.5) is 9.93 Å². The van der Waals surface area contributed by atoms with Gasteiger partial charge in [-0.3, -0.25) is 10.1 Å². The predicted octanol–water partition coefficient (Wildman–Crippen LogP) is 2.67. The van der Waals surface area contributed by atoms with E-state index in [1.165, 1.54) is 11.3 Å². The molecule has 20 heavy (non-hydrogen) atoms. The van der Waals surface area contributed by atoms with Crippen LogP contribution in [-0.4, -0.2) is 28.1 Å². The number of carbonyl (C=O) groups is 2. The van der Waals surface area contributed by atoms with Crippen molar-refractivity contribution in [1.29, 1.82) is 0 Å². The Kier molecular flexibility index (Phi) is 4.52. The van der Waals surface area contributed by atoms with E-state index >= 15 is 0 Å². The zero-order chi connectivity index (χ0) is 14.5. The van der Waals surface area contributed by atoms with E-state index in [2.05, 4.69) is 15.6 Å². The van der Waals surface area contributed by atoms with Crippen molar-refractivity contribution in [3.8, 4) is 0 Å². The number of aromatic nitrogens is 1. The molecule has 0 aliphatic heterocycles. The Morgan fingerprint density at radius 1 is 1.40 bits per heavy atom. The van der Waals surface area contributed by atoms with Crippen molar-refractivity contribution in [3.63, 3.8) is 0 Å². The normalized spacial score (nSPS) is 12.1. The maximum absolute atomic E-state index is 11.8. The van der Waals surface area contributed by atoms with Gasteiger partial charge >= 0.3 is 12.0 Å². The van der Waals surface area contributed by atoms with Gasteiger partial charge in [0, 0.05) is 6.04 Å². The second-order valence-corrected chi connectivity index (χ2v) is 5.32. The molecule has 1 aromatic carbocycles. The van der Waals surface area contributed by atoms with Gasteiger partial charge in [-0.2, -0.15) is 0 Å². The largest absolute Gasteiger partial charge is 0.481 e. The minimum absolute atomic E-state index is 0.0935. The van der Waals surface area contributed by atoms with Gasteiger partial charge in [-0.15, -0.1) is 0 Å². The number of para-hydroxylation sites is 1. The number of carboxylic acids is 1. The van der Waals surface area contributed by atoms with Gasteiger partial charge in [0.25, 0.3) is 0 Å². The SMILES string of the molecule is CCC(CC(=O)O)NC(=O)Nc1nc2ccccc2s1. The molecule has 0 saturated carbocycles. The van der Waals surface area contributed by atoms with E-state index < -0.39 is 12.0 Å². The van der Waals surface area contributed by atoms with Crippen LogP contribution in [0, 0.1) is 0 Å². The molecule has 2 rings (SSSR count). The fraction of sp³-hybridized carbons (Fsp3) is 0.308. The Morgan fingerprint density at radius 3 is 2.80 bits per heavy atom. The molecule has 0 aliphatic rings. The number of urea groups is 1. The molecular weight excluding hydrogens is 278 g/mol. The number of benzene rings is 1. The van der Waals surface area contributed by atoms with Crippen LogP contribution in [0.15, 0.2) is 24.3 Å². The van der Waals surface area contributed by atoms with Crippen LogP contribution in [0.1, 0.15) is 19.8 Å². The van der Waals surface area contributed by atoms with E-state index in [0.717, 1.165) is 10.2 Å². The maximum Gasteiger partial charge on any atom is 0.321 e. The van der Waals surface area contributed by atoms with Crippen molar-refractivity contribution in [3.05, 3.63) is 24.3 Å². The molecule has 0 fully saturated rings. The first-order chi connectivity index (χ1) is 9.58. The number of anilines is 1. The zero-order valence-corrected chi connectivity index (χ0v) is 11.7. The Balaban J connectivity index is 1.98. The lowest BCUT2D eigenvalue weighted by Gasteiger charge is -2.14. The summed E-state index contributed by atoms with van der Waals surface area (Å²) in [5.74, 6) is -0.933. The van der Waals surface area contributed by atoms with Gasteiger partial charge in [-0.25, -0.2) is 9.78 Å². The lowest BCUT2D eigenvalue weighted by Crippen LogP contribution is -2.38. The second-order valence-electron chi connectivity index (χ2n) is 4.29. The molecule has 2 aromatic rings. The average molecular weight is 293 g/mol. The minimum atomic E-state index is -0.933. The van der Waals surface area contributed by atoms with Crippen molar-refractivity contribution in [1.82, 2.24) is 10.3 Å². The van der Waals surface area contributed by atoms with Crippen LogP contribution in [0.3, 0.4) is 0 Å². The molecule has 3 N–H and O–H groups in total. The van der Waals surface area contributed by atoms with Crippen LogP contribution in [-0.2, 0) is 4.79 Å². The van der Waals surface area contributed by atoms with Gasteiger partial charge in [0.15, 0.2) is 5.13 Å². The first-order valence-corrected chi connectivity index (χ1v) is 7.05. The molecule has 0 spiro atoms. The molecule has 7 heteroatoms. The number of aliphatic carboxylic acids is 1. The smallest absolute Gasteiger partial charge is 0.321 e. The van der Waals surface area contributed by atoms with Crippen LogP contribution >= 0.6 is 11.3 Å². The van der Waals surface area contributed by atoms with Gasteiger partial charge in [0.2, 0.25) is 0 Å². The summed E-state index contributed by atoms with van der Waals surface area (Å²) in [6.07, 6.45) is 0.462. The third-order valence-electron chi connectivity index (χ3n) is 2.76. The number of carbonyl (C=O) groups excluding carboxylic acids is 1. The highest BCUT2D eigenvalue weighted by atomic mass is 32.1. The van der Waals surface area contributed by atoms with Crippen molar-refractivity contribution in [2.75, 3.05) is 5.32 Å². The minimum Gasteiger partial charge on any atom is -0.481 e. The van der Waals surface area contributed by atoms with E-state index in [-0.39, 0.29) is 12.5 Å². The number of rotatable bonds is 5. The van der Waals surface area contributed by atoms with E-state index in [1.807, 2.05) is 31.2 Å². The summed E-state index contributed by atoms with van der Waals surface area (Å²) in [7, 11) is 0. The number of thiazole rings is 1. The molecule has 0 radical (unpaired) electrons. The maximum atomic E-state index is 11.8. The van der Waals surface area contributed by atoms with Crippen LogP contribution in [0.25, 0.3) is 10.2 Å². The molecule has 2 amide bonds. The van der Waals surface area contributed by atoms with Crippen LogP contribution in [0.2, 0.25) is 0 Å². The number of amides is 2. The number of hydrogen-bond donors (Lipinski definition) is 3. The molecule has 1 heterocycles. The highest BCUT2D eigenvalue weighted by Crippen LogP contribution is 2.25. The van der Waals surface area contributed by atoms with Crippen LogP contribution in [0.5, 0.6) is 0 Å². The van der Waals surface area contributed by atoms with Crippen molar-refractivity contribution in [2.24, 2.45) is 0 Å². The first kappa shape index (κ1) is 14.3. The number of nitrogens with zero attached hydrogens (tertiary/aromatic N) is 1. The Morgan fingerprint density at radius 2 is 2.15 bits per heavy atom. The average Bonchev–Trinajstić information content (AvgIpc) is 2.79. The molecule has 0 aliphatic carbocycles. The standard InChI is InChI=1S/C13H15N3O3S/c1-2-8(7-11(17)18)14-12(19)16-13-15-9-5-3-4-6-10(9)20-13/h3-6,8H,2,7H2,1H3,(H,17,18)(H2,14,15,16,19). The predicted molar refractivity (Wildman–Crippen MR) is 78.1 cm³/mol. The topological polar surface area (TPSA) is 91.3 Å². The lowest BCUT2D eigenvalue weighted by atomic mass is 10.1. The Bertz CT molecular complexity index is 593. The third-order valence-corrected chi connectivity index (χ3v) is 3.72. The highest BCUT2D eigenvalue weighted by Gasteiger charge is 2.15. The molecular formula is C13H15N3O3S. The van der Waals surface area contributed by atoms with E-state index in [1.54, 1.807) is 0 Å². The number of hydrogen-bond acceptors (Lipinski definition) is 4. The van der Waals surface area contributed by atoms with Crippen LogP contribution < -0.4 is 10.6 Å². The number of nitrogens with one attached hydrogen (secondary N) is 2. The highest BCUT2D eigenvalue weighted by molar-refractivity contribution is 7.22. The van der Waals surface area contributed by atoms with Gasteiger partial charge in [0.1, 0.15) is 0 Å². The quantitative estimate of drug-likeness (QED) is 0.790. The first-order valence-electron chi connectivity index (χ1n) is 6.23. The monoisotopic (exact) mass is 293 g/mol. The molecule has 6 nitrogen and oxygen atoms in total. The summed E-state index contributed by atoms with van der Waals surface area (Å²) in [4.78, 5) is 26.7. The molecule has 1 aromatic heterocycles. The summed E-state index contributed by atoms with van der Waals surface area (Å²) in [5.41, 5.74) is 0.824. The number of carboxylic acid groups (broad SMARTS) is 1. The Hall–Kier alpha value is -2.15. The van der Waals surface area contributed by atoms with Crippen molar-refractivity contribution >= 4 is 38.7 Å². The van der Waals surface area contributed by atoms with E-state index in [4.69, 9.17) is 5.11 Å². The molecule has 106 valence electrons. The van der Waals surface area contributed by atoms with E-state index in [0.29, 0.717) is 11.6 Å². The molecule has 1 unspecified atom stereocenters. The molecule has 0 saturated heterocycles. The fourth-order valence-electron chi connectivity index (χ4n) is 1.75. The van der Waals surface area contributed by atoms with Crippen molar-refractivity contribution < 1.29 is 14.7 Å². The van der Waals surface area contributed by atoms with E-state index in [9.17, 15) is 9.59 Å². The summed E-state index contributed by atoms with van der Waals surface area (Å²) < 4.78 is 0.986. The summed E-state index contributed by atoms with van der Waals surface area (Å²) in [6.45, 7) is 1.82. The third kappa shape index (κ3) is 3.67. The Labute approximate surface area is 119 Å². The van der Waals surface area contributed by atoms with Crippen molar-refractivity contribution in [2.45, 2.75) is 25.8 Å². The van der Waals surface area contributed by atoms with Gasteiger partial charge in [-0.1, -0.05) is 30.4 Å². The number of fused-ring (bicyclic) bond motifs is 1. The second kappa shape index (κ2) is 6.33. The lowest BCUT2D eigenvalue weighted by molar-refractivity contribution is -0.137.